The van der Waals surface area contributed by atoms with Crippen LogP contribution in [0.4, 0.5) is 0 Å². The van der Waals surface area contributed by atoms with Crippen molar-refractivity contribution in [1.82, 2.24) is 0 Å². The summed E-state index contributed by atoms with van der Waals surface area (Å²) >= 11 is 0. The smallest absolute Gasteiger partial charge is 0.0578 e. The van der Waals surface area contributed by atoms with Gasteiger partial charge >= 0.3 is 0 Å². The number of fused-ring (bicyclic) bond motifs is 2. The zero-order valence-corrected chi connectivity index (χ0v) is 4.31. The van der Waals surface area contributed by atoms with E-state index in [9.17, 15) is 0 Å². The molecule has 1 saturated heterocycles. The topological polar surface area (TPSA) is 9.23 Å². The standard InChI is InChI=1S/C6H10O/c1-2-6-3-5(1)4-7-6/h5-6H,1-4H2/i5D. The summed E-state index contributed by atoms with van der Waals surface area (Å²) in [5.41, 5.74) is 0. The summed E-state index contributed by atoms with van der Waals surface area (Å²) < 4.78 is 12.9. The Labute approximate surface area is 45.1 Å². The highest BCUT2D eigenvalue weighted by Gasteiger charge is 2.31. The van der Waals surface area contributed by atoms with Crippen molar-refractivity contribution in [3.63, 3.8) is 0 Å². The third-order valence-electron chi connectivity index (χ3n) is 1.86. The lowest BCUT2D eigenvalue weighted by atomic mass is 10.1. The van der Waals surface area contributed by atoms with E-state index < -0.39 is 0 Å². The summed E-state index contributed by atoms with van der Waals surface area (Å²) in [5.74, 6) is -0.162. The Morgan fingerprint density at radius 1 is 1.57 bits per heavy atom. The van der Waals surface area contributed by atoms with Crippen LogP contribution in [0.5, 0.6) is 0 Å². The maximum Gasteiger partial charge on any atom is 0.0578 e. The number of hydrogen-bond donors (Lipinski definition) is 0. The van der Waals surface area contributed by atoms with Crippen molar-refractivity contribution >= 4 is 0 Å². The first-order valence-electron chi connectivity index (χ1n) is 3.40. The van der Waals surface area contributed by atoms with E-state index in [0.717, 1.165) is 19.3 Å². The fourth-order valence-electron chi connectivity index (χ4n) is 1.40. The summed E-state index contributed by atoms with van der Waals surface area (Å²) in [6, 6.07) is 0. The second-order valence-corrected chi connectivity index (χ2v) is 2.43. The number of ether oxygens (including phenoxy) is 1. The van der Waals surface area contributed by atoms with Crippen LogP contribution in [0.25, 0.3) is 0 Å². The molecule has 2 rings (SSSR count). The normalized spacial score (nSPS) is 60.6. The Morgan fingerprint density at radius 2 is 2.57 bits per heavy atom. The fourth-order valence-corrected chi connectivity index (χ4v) is 1.40. The van der Waals surface area contributed by atoms with Crippen LogP contribution in [-0.2, 0) is 4.74 Å². The van der Waals surface area contributed by atoms with E-state index in [1.807, 2.05) is 0 Å². The van der Waals surface area contributed by atoms with E-state index >= 15 is 0 Å². The molecule has 0 radical (unpaired) electrons. The molecule has 0 spiro atoms. The molecule has 2 fully saturated rings. The van der Waals surface area contributed by atoms with Crippen LogP contribution < -0.4 is 0 Å². The maximum atomic E-state index is 7.65. The summed E-state index contributed by atoms with van der Waals surface area (Å²) in [7, 11) is 0. The van der Waals surface area contributed by atoms with Crippen molar-refractivity contribution in [2.75, 3.05) is 6.61 Å². The minimum absolute atomic E-state index is 0.162. The molecule has 2 atom stereocenters. The van der Waals surface area contributed by atoms with Crippen molar-refractivity contribution in [3.8, 4) is 0 Å². The van der Waals surface area contributed by atoms with Crippen LogP contribution in [0.1, 0.15) is 20.6 Å². The Bertz CT molecular complexity index is 105. The van der Waals surface area contributed by atoms with E-state index in [0.29, 0.717) is 12.7 Å². The molecule has 2 aliphatic rings. The minimum Gasteiger partial charge on any atom is -0.378 e. The van der Waals surface area contributed by atoms with E-state index in [1.54, 1.807) is 0 Å². The lowest BCUT2D eigenvalue weighted by Gasteiger charge is -2.07. The average molecular weight is 99.2 g/mol. The first-order chi connectivity index (χ1) is 3.79. The van der Waals surface area contributed by atoms with Crippen molar-refractivity contribution in [2.45, 2.75) is 25.4 Å². The highest BCUT2D eigenvalue weighted by molar-refractivity contribution is 4.81. The number of rotatable bonds is 0. The monoisotopic (exact) mass is 99.1 g/mol. The highest BCUT2D eigenvalue weighted by atomic mass is 16.5. The Hall–Kier alpha value is -0.0400. The summed E-state index contributed by atoms with van der Waals surface area (Å²) in [6.45, 7) is 0.692. The van der Waals surface area contributed by atoms with Gasteiger partial charge in [-0.1, -0.05) is 0 Å². The molecule has 0 aromatic heterocycles. The van der Waals surface area contributed by atoms with Gasteiger partial charge in [-0.15, -0.1) is 0 Å². The summed E-state index contributed by atoms with van der Waals surface area (Å²) in [5, 5.41) is 0. The largest absolute Gasteiger partial charge is 0.378 e. The van der Waals surface area contributed by atoms with Gasteiger partial charge in [0.05, 0.1) is 6.10 Å². The Kier molecular flexibility index (Phi) is 0.537. The highest BCUT2D eigenvalue weighted by Crippen LogP contribution is 2.34. The van der Waals surface area contributed by atoms with Gasteiger partial charge in [-0.2, -0.15) is 0 Å². The predicted octanol–water partition coefficient (Wildman–Crippen LogP) is 1.19. The van der Waals surface area contributed by atoms with Crippen LogP contribution >= 0.6 is 0 Å². The molecule has 0 aromatic carbocycles. The van der Waals surface area contributed by atoms with E-state index in [-0.39, 0.29) is 5.89 Å². The van der Waals surface area contributed by atoms with Gasteiger partial charge in [0.15, 0.2) is 0 Å². The molecule has 1 heterocycles. The Balaban J connectivity index is 2.19. The maximum absolute atomic E-state index is 7.65. The average Bonchev–Trinajstić information content (AvgIpc) is 2.21. The second kappa shape index (κ2) is 1.22. The lowest BCUT2D eigenvalue weighted by Crippen LogP contribution is -2.05. The third-order valence-corrected chi connectivity index (χ3v) is 1.86. The van der Waals surface area contributed by atoms with E-state index in [1.165, 1.54) is 0 Å². The quantitative estimate of drug-likeness (QED) is 0.443. The molecule has 1 aliphatic carbocycles. The molecule has 1 nitrogen and oxygen atoms in total. The molecule has 1 aliphatic heterocycles. The van der Waals surface area contributed by atoms with E-state index in [2.05, 4.69) is 0 Å². The summed E-state index contributed by atoms with van der Waals surface area (Å²) in [4.78, 5) is 0. The molecular weight excluding hydrogens is 88.1 g/mol. The molecular formula is C6H10O. The van der Waals surface area contributed by atoms with Gasteiger partial charge in [-0.25, -0.2) is 0 Å². The van der Waals surface area contributed by atoms with Crippen molar-refractivity contribution in [2.24, 2.45) is 5.89 Å². The number of hydrogen-bond acceptors (Lipinski definition) is 1. The Morgan fingerprint density at radius 3 is 2.71 bits per heavy atom. The van der Waals surface area contributed by atoms with Crippen LogP contribution in [0, 0.1) is 5.89 Å². The van der Waals surface area contributed by atoms with Crippen LogP contribution in [0.2, 0.25) is 0 Å². The van der Waals surface area contributed by atoms with Crippen LogP contribution in [-0.4, -0.2) is 12.7 Å². The molecule has 7 heavy (non-hydrogen) atoms. The zero-order valence-electron chi connectivity index (χ0n) is 5.31. The first kappa shape index (κ1) is 3.08. The molecule has 2 unspecified atom stereocenters. The van der Waals surface area contributed by atoms with Crippen LogP contribution in [0.3, 0.4) is 0 Å². The van der Waals surface area contributed by atoms with Gasteiger partial charge in [0.2, 0.25) is 0 Å². The van der Waals surface area contributed by atoms with Gasteiger partial charge in [0, 0.05) is 7.98 Å². The van der Waals surface area contributed by atoms with Crippen molar-refractivity contribution in [3.05, 3.63) is 0 Å². The fraction of sp³-hybridized carbons (Fsp3) is 1.00. The van der Waals surface area contributed by atoms with Gasteiger partial charge in [0.25, 0.3) is 0 Å². The molecule has 0 N–H and O–H groups in total. The minimum atomic E-state index is -0.162. The van der Waals surface area contributed by atoms with Gasteiger partial charge in [0.1, 0.15) is 0 Å². The zero-order chi connectivity index (χ0) is 5.61. The third kappa shape index (κ3) is 0.480. The predicted molar refractivity (Wildman–Crippen MR) is 27.1 cm³/mol. The van der Waals surface area contributed by atoms with Gasteiger partial charge < -0.3 is 4.74 Å². The van der Waals surface area contributed by atoms with Crippen molar-refractivity contribution < 1.29 is 6.11 Å². The molecule has 0 amide bonds. The molecule has 2 bridgehead atoms. The van der Waals surface area contributed by atoms with Gasteiger partial charge in [-0.05, 0) is 25.2 Å². The lowest BCUT2D eigenvalue weighted by molar-refractivity contribution is 0.0775. The molecule has 1 saturated carbocycles. The van der Waals surface area contributed by atoms with Gasteiger partial charge in [-0.3, -0.25) is 0 Å². The molecule has 1 heteroatoms. The summed E-state index contributed by atoms with van der Waals surface area (Å²) in [6.07, 6.45) is 3.64. The van der Waals surface area contributed by atoms with Crippen LogP contribution in [0.15, 0.2) is 0 Å². The SMILES string of the molecule is [2H]C12CCC(C1)OC2. The first-order valence-corrected chi connectivity index (χ1v) is 2.90. The van der Waals surface area contributed by atoms with E-state index in [4.69, 9.17) is 6.11 Å². The van der Waals surface area contributed by atoms with Crippen molar-refractivity contribution in [1.29, 1.82) is 0 Å². The molecule has 0 aromatic rings. The molecule has 40 valence electrons. The second-order valence-electron chi connectivity index (χ2n) is 2.43.